The van der Waals surface area contributed by atoms with Gasteiger partial charge in [-0.15, -0.1) is 0 Å². The monoisotopic (exact) mass is 292 g/mol. The Hall–Kier alpha value is -1.55. The van der Waals surface area contributed by atoms with E-state index in [1.165, 1.54) is 5.56 Å². The SMILES string of the molecule is CCNC(C)c1cc(C)ccc1OCC(=O)N(CC)CC. The predicted octanol–water partition coefficient (Wildman–Crippen LogP) is 2.91. The molecule has 1 amide bonds. The number of rotatable bonds is 8. The van der Waals surface area contributed by atoms with Gasteiger partial charge in [-0.1, -0.05) is 24.6 Å². The molecular weight excluding hydrogens is 264 g/mol. The molecule has 0 radical (unpaired) electrons. The number of nitrogens with one attached hydrogen (secondary N) is 1. The fourth-order valence-electron chi connectivity index (χ4n) is 2.36. The average Bonchev–Trinajstić information content (AvgIpc) is 2.47. The summed E-state index contributed by atoms with van der Waals surface area (Å²) in [4.78, 5) is 13.8. The minimum Gasteiger partial charge on any atom is -0.483 e. The molecule has 0 saturated carbocycles. The molecule has 0 aliphatic heterocycles. The van der Waals surface area contributed by atoms with E-state index in [2.05, 4.69) is 32.2 Å². The Morgan fingerprint density at radius 1 is 1.29 bits per heavy atom. The van der Waals surface area contributed by atoms with Crippen LogP contribution in [0.15, 0.2) is 18.2 Å². The van der Waals surface area contributed by atoms with Crippen molar-refractivity contribution < 1.29 is 9.53 Å². The summed E-state index contributed by atoms with van der Waals surface area (Å²) in [6.45, 7) is 12.6. The molecule has 4 heteroatoms. The Bertz CT molecular complexity index is 456. The molecule has 0 spiro atoms. The predicted molar refractivity (Wildman–Crippen MR) is 86.7 cm³/mol. The maximum atomic E-state index is 12.0. The molecule has 118 valence electrons. The molecule has 1 aromatic carbocycles. The highest BCUT2D eigenvalue weighted by atomic mass is 16.5. The van der Waals surface area contributed by atoms with Crippen LogP contribution in [0.5, 0.6) is 5.75 Å². The van der Waals surface area contributed by atoms with Crippen LogP contribution >= 0.6 is 0 Å². The minimum atomic E-state index is 0.0302. The number of aryl methyl sites for hydroxylation is 1. The molecule has 0 aromatic heterocycles. The van der Waals surface area contributed by atoms with E-state index in [1.807, 2.05) is 26.0 Å². The molecule has 0 heterocycles. The average molecular weight is 292 g/mol. The first kappa shape index (κ1) is 17.5. The van der Waals surface area contributed by atoms with Crippen LogP contribution in [0.4, 0.5) is 0 Å². The van der Waals surface area contributed by atoms with Gasteiger partial charge in [0.05, 0.1) is 0 Å². The summed E-state index contributed by atoms with van der Waals surface area (Å²) in [5.41, 5.74) is 2.29. The first-order valence-corrected chi connectivity index (χ1v) is 7.77. The molecule has 0 aliphatic rings. The van der Waals surface area contributed by atoms with E-state index in [0.29, 0.717) is 13.1 Å². The highest BCUT2D eigenvalue weighted by Crippen LogP contribution is 2.26. The van der Waals surface area contributed by atoms with Crippen molar-refractivity contribution in [2.24, 2.45) is 0 Å². The number of hydrogen-bond donors (Lipinski definition) is 1. The van der Waals surface area contributed by atoms with Crippen LogP contribution in [0.25, 0.3) is 0 Å². The van der Waals surface area contributed by atoms with Gasteiger partial charge < -0.3 is 15.0 Å². The number of amides is 1. The van der Waals surface area contributed by atoms with E-state index in [0.717, 1.165) is 17.9 Å². The maximum Gasteiger partial charge on any atom is 0.260 e. The van der Waals surface area contributed by atoms with Gasteiger partial charge in [0.1, 0.15) is 5.75 Å². The fourth-order valence-corrected chi connectivity index (χ4v) is 2.36. The lowest BCUT2D eigenvalue weighted by molar-refractivity contribution is -0.132. The van der Waals surface area contributed by atoms with Crippen LogP contribution in [-0.2, 0) is 4.79 Å². The van der Waals surface area contributed by atoms with Crippen molar-refractivity contribution in [1.82, 2.24) is 10.2 Å². The fraction of sp³-hybridized carbons (Fsp3) is 0.588. The highest BCUT2D eigenvalue weighted by molar-refractivity contribution is 5.77. The number of benzene rings is 1. The second kappa shape index (κ2) is 8.67. The van der Waals surface area contributed by atoms with Crippen LogP contribution in [0, 0.1) is 6.92 Å². The number of hydrogen-bond acceptors (Lipinski definition) is 3. The molecule has 1 unspecified atom stereocenters. The second-order valence-corrected chi connectivity index (χ2v) is 5.18. The number of ether oxygens (including phenoxy) is 1. The third kappa shape index (κ3) is 5.05. The standard InChI is InChI=1S/C17H28N2O2/c1-6-18-14(5)15-11-13(4)9-10-16(15)21-12-17(20)19(7-2)8-3/h9-11,14,18H,6-8,12H2,1-5H3. The molecule has 4 nitrogen and oxygen atoms in total. The molecule has 1 rings (SSSR count). The van der Waals surface area contributed by atoms with Crippen molar-refractivity contribution in [3.8, 4) is 5.75 Å². The lowest BCUT2D eigenvalue weighted by Gasteiger charge is -2.21. The molecule has 0 fully saturated rings. The van der Waals surface area contributed by atoms with Gasteiger partial charge >= 0.3 is 0 Å². The van der Waals surface area contributed by atoms with E-state index in [4.69, 9.17) is 4.74 Å². The van der Waals surface area contributed by atoms with Crippen molar-refractivity contribution in [2.45, 2.75) is 40.7 Å². The lowest BCUT2D eigenvalue weighted by Crippen LogP contribution is -2.34. The van der Waals surface area contributed by atoms with Gasteiger partial charge in [-0.05, 0) is 40.3 Å². The van der Waals surface area contributed by atoms with Crippen LogP contribution in [0.2, 0.25) is 0 Å². The summed E-state index contributed by atoms with van der Waals surface area (Å²) >= 11 is 0. The molecule has 0 bridgehead atoms. The van der Waals surface area contributed by atoms with Crippen LogP contribution in [0.1, 0.15) is 44.9 Å². The lowest BCUT2D eigenvalue weighted by atomic mass is 10.0. The van der Waals surface area contributed by atoms with Gasteiger partial charge in [0.25, 0.3) is 5.91 Å². The summed E-state index contributed by atoms with van der Waals surface area (Å²) in [7, 11) is 0. The summed E-state index contributed by atoms with van der Waals surface area (Å²) in [6.07, 6.45) is 0. The van der Waals surface area contributed by atoms with E-state index in [1.54, 1.807) is 4.90 Å². The number of likely N-dealkylation sites (N-methyl/N-ethyl adjacent to an activating group) is 1. The van der Waals surface area contributed by atoms with Crippen molar-refractivity contribution >= 4 is 5.91 Å². The van der Waals surface area contributed by atoms with Gasteiger partial charge in [-0.2, -0.15) is 0 Å². The number of carbonyl (C=O) groups excluding carboxylic acids is 1. The number of carbonyl (C=O) groups is 1. The zero-order chi connectivity index (χ0) is 15.8. The Morgan fingerprint density at radius 3 is 2.52 bits per heavy atom. The smallest absolute Gasteiger partial charge is 0.260 e. The van der Waals surface area contributed by atoms with E-state index in [9.17, 15) is 4.79 Å². The molecule has 21 heavy (non-hydrogen) atoms. The Morgan fingerprint density at radius 2 is 1.95 bits per heavy atom. The van der Waals surface area contributed by atoms with Crippen LogP contribution in [-0.4, -0.2) is 37.0 Å². The van der Waals surface area contributed by atoms with Crippen molar-refractivity contribution in [3.63, 3.8) is 0 Å². The minimum absolute atomic E-state index is 0.0302. The molecule has 1 N–H and O–H groups in total. The maximum absolute atomic E-state index is 12.0. The van der Waals surface area contributed by atoms with Crippen LogP contribution in [0.3, 0.4) is 0 Å². The first-order valence-electron chi connectivity index (χ1n) is 7.77. The summed E-state index contributed by atoms with van der Waals surface area (Å²) in [5.74, 6) is 0.817. The molecule has 0 saturated heterocycles. The molecule has 0 aliphatic carbocycles. The summed E-state index contributed by atoms with van der Waals surface area (Å²) in [5, 5.41) is 3.39. The normalized spacial score (nSPS) is 12.0. The van der Waals surface area contributed by atoms with Gasteiger partial charge in [0.2, 0.25) is 0 Å². The Kier molecular flexibility index (Phi) is 7.23. The van der Waals surface area contributed by atoms with Crippen molar-refractivity contribution in [3.05, 3.63) is 29.3 Å². The second-order valence-electron chi connectivity index (χ2n) is 5.18. The zero-order valence-electron chi connectivity index (χ0n) is 13.9. The van der Waals surface area contributed by atoms with Crippen molar-refractivity contribution in [2.75, 3.05) is 26.2 Å². The summed E-state index contributed by atoms with van der Waals surface area (Å²) < 4.78 is 5.77. The van der Waals surface area contributed by atoms with Gasteiger partial charge in [-0.25, -0.2) is 0 Å². The van der Waals surface area contributed by atoms with E-state index in [-0.39, 0.29) is 18.6 Å². The van der Waals surface area contributed by atoms with Gasteiger partial charge in [0, 0.05) is 24.7 Å². The quantitative estimate of drug-likeness (QED) is 0.801. The Labute approximate surface area is 128 Å². The largest absolute Gasteiger partial charge is 0.483 e. The van der Waals surface area contributed by atoms with Gasteiger partial charge in [-0.3, -0.25) is 4.79 Å². The highest BCUT2D eigenvalue weighted by Gasteiger charge is 2.14. The topological polar surface area (TPSA) is 41.6 Å². The van der Waals surface area contributed by atoms with E-state index < -0.39 is 0 Å². The van der Waals surface area contributed by atoms with E-state index >= 15 is 0 Å². The Balaban J connectivity index is 2.81. The zero-order valence-corrected chi connectivity index (χ0v) is 13.9. The number of nitrogens with zero attached hydrogens (tertiary/aromatic N) is 1. The summed E-state index contributed by atoms with van der Waals surface area (Å²) in [6, 6.07) is 6.28. The van der Waals surface area contributed by atoms with Gasteiger partial charge in [0.15, 0.2) is 6.61 Å². The first-order chi connectivity index (χ1) is 10.0. The van der Waals surface area contributed by atoms with Crippen molar-refractivity contribution in [1.29, 1.82) is 0 Å². The third-order valence-electron chi connectivity index (χ3n) is 3.61. The molecule has 1 aromatic rings. The third-order valence-corrected chi connectivity index (χ3v) is 3.61. The molecule has 1 atom stereocenters. The van der Waals surface area contributed by atoms with Crippen LogP contribution < -0.4 is 10.1 Å². The molecular formula is C17H28N2O2.